The Balaban J connectivity index is 1.59. The average Bonchev–Trinajstić information content (AvgIpc) is 2.92. The minimum atomic E-state index is -0.0403. The maximum absolute atomic E-state index is 11.4. The maximum atomic E-state index is 11.4. The largest absolute Gasteiger partial charge is 0.355 e. The number of amides is 3. The Morgan fingerprint density at radius 2 is 2.26 bits per heavy atom. The lowest BCUT2D eigenvalue weighted by Crippen LogP contribution is -2.36. The average molecular weight is 286 g/mol. The summed E-state index contributed by atoms with van der Waals surface area (Å²) in [4.78, 5) is 22.6. The molecule has 0 aromatic rings. The second-order valence-corrected chi connectivity index (χ2v) is 6.28. The Hall–Kier alpha value is -0.950. The highest BCUT2D eigenvalue weighted by Gasteiger charge is 2.42. The first-order chi connectivity index (χ1) is 9.20. The number of carbonyl (C=O) groups is 2. The van der Waals surface area contributed by atoms with Gasteiger partial charge in [0.25, 0.3) is 0 Å². The number of nitrogens with two attached hydrogens (primary N) is 1. The molecule has 0 saturated carbocycles. The third-order valence-corrected chi connectivity index (χ3v) is 5.06. The fourth-order valence-corrected chi connectivity index (χ4v) is 4.12. The minimum Gasteiger partial charge on any atom is -0.355 e. The Morgan fingerprint density at radius 1 is 1.42 bits per heavy atom. The van der Waals surface area contributed by atoms with Crippen LogP contribution in [-0.4, -0.2) is 48.1 Å². The summed E-state index contributed by atoms with van der Waals surface area (Å²) in [6.07, 6.45) is 3.53. The first-order valence-electron chi connectivity index (χ1n) is 6.86. The molecule has 19 heavy (non-hydrogen) atoms. The first kappa shape index (κ1) is 14.5. The van der Waals surface area contributed by atoms with Crippen LogP contribution < -0.4 is 21.7 Å². The Kier molecular flexibility index (Phi) is 5.33. The molecule has 0 aromatic carbocycles. The lowest BCUT2D eigenvalue weighted by molar-refractivity contribution is -0.121. The lowest BCUT2D eigenvalue weighted by atomic mass is 10.0. The molecule has 0 unspecified atom stereocenters. The summed E-state index contributed by atoms with van der Waals surface area (Å²) in [5.41, 5.74) is 5.32. The van der Waals surface area contributed by atoms with Crippen LogP contribution in [0, 0.1) is 0 Å². The molecule has 0 spiro atoms. The quantitative estimate of drug-likeness (QED) is 0.384. The molecule has 2 saturated heterocycles. The van der Waals surface area contributed by atoms with Crippen molar-refractivity contribution in [2.24, 2.45) is 5.73 Å². The number of hydrogen-bond acceptors (Lipinski definition) is 4. The van der Waals surface area contributed by atoms with E-state index in [1.54, 1.807) is 0 Å². The molecule has 108 valence electrons. The van der Waals surface area contributed by atoms with Crippen molar-refractivity contribution in [3.8, 4) is 0 Å². The summed E-state index contributed by atoms with van der Waals surface area (Å²) < 4.78 is 0. The number of unbranched alkanes of at least 4 members (excludes halogenated alkanes) is 1. The smallest absolute Gasteiger partial charge is 0.315 e. The Morgan fingerprint density at radius 3 is 3.05 bits per heavy atom. The van der Waals surface area contributed by atoms with Crippen LogP contribution in [0.5, 0.6) is 0 Å². The zero-order chi connectivity index (χ0) is 13.7. The van der Waals surface area contributed by atoms with Gasteiger partial charge in [-0.2, -0.15) is 11.8 Å². The molecule has 7 heteroatoms. The summed E-state index contributed by atoms with van der Waals surface area (Å²) in [5, 5.41) is 9.16. The number of nitrogens with one attached hydrogen (secondary N) is 3. The molecule has 3 amide bonds. The topological polar surface area (TPSA) is 96.2 Å². The third kappa shape index (κ3) is 4.01. The SMILES string of the molecule is NCCNC(=O)CCCC[C@H]1SC[C@H]2NC(=O)N[C@H]21. The molecule has 2 fully saturated rings. The second-order valence-electron chi connectivity index (χ2n) is 5.01. The van der Waals surface area contributed by atoms with Gasteiger partial charge in [-0.05, 0) is 12.8 Å². The Bertz CT molecular complexity index is 340. The van der Waals surface area contributed by atoms with Crippen molar-refractivity contribution in [3.05, 3.63) is 0 Å². The van der Waals surface area contributed by atoms with Gasteiger partial charge in [0.2, 0.25) is 5.91 Å². The van der Waals surface area contributed by atoms with Crippen molar-refractivity contribution in [2.75, 3.05) is 18.8 Å². The molecule has 0 aromatic heterocycles. The number of carbonyl (C=O) groups excluding carboxylic acids is 2. The summed E-state index contributed by atoms with van der Waals surface area (Å²) in [7, 11) is 0. The highest BCUT2D eigenvalue weighted by molar-refractivity contribution is 8.00. The van der Waals surface area contributed by atoms with Crippen molar-refractivity contribution in [1.29, 1.82) is 0 Å². The van der Waals surface area contributed by atoms with Crippen LogP contribution in [0.1, 0.15) is 25.7 Å². The fraction of sp³-hybridized carbons (Fsp3) is 0.833. The lowest BCUT2D eigenvalue weighted by Gasteiger charge is -2.16. The highest BCUT2D eigenvalue weighted by atomic mass is 32.2. The van der Waals surface area contributed by atoms with Crippen LogP contribution in [0.15, 0.2) is 0 Å². The molecule has 2 rings (SSSR count). The predicted octanol–water partition coefficient (Wildman–Crippen LogP) is -0.213. The van der Waals surface area contributed by atoms with E-state index in [-0.39, 0.29) is 24.0 Å². The summed E-state index contributed by atoms with van der Waals surface area (Å²) in [6, 6.07) is 0.514. The van der Waals surface area contributed by atoms with Crippen LogP contribution in [0.2, 0.25) is 0 Å². The molecule has 0 radical (unpaired) electrons. The van der Waals surface area contributed by atoms with Crippen LogP contribution in [-0.2, 0) is 4.79 Å². The second kappa shape index (κ2) is 7.00. The van der Waals surface area contributed by atoms with Gasteiger partial charge in [-0.1, -0.05) is 6.42 Å². The highest BCUT2D eigenvalue weighted by Crippen LogP contribution is 2.33. The van der Waals surface area contributed by atoms with Gasteiger partial charge in [0.05, 0.1) is 12.1 Å². The van der Waals surface area contributed by atoms with E-state index < -0.39 is 0 Å². The predicted molar refractivity (Wildman–Crippen MR) is 76.0 cm³/mol. The summed E-state index contributed by atoms with van der Waals surface area (Å²) >= 11 is 1.91. The normalized spacial score (nSPS) is 28.7. The van der Waals surface area contributed by atoms with Gasteiger partial charge < -0.3 is 21.7 Å². The van der Waals surface area contributed by atoms with Gasteiger partial charge in [0, 0.05) is 30.5 Å². The molecule has 2 heterocycles. The molecule has 3 atom stereocenters. The molecular weight excluding hydrogens is 264 g/mol. The molecule has 5 N–H and O–H groups in total. The van der Waals surface area contributed by atoms with E-state index in [1.165, 1.54) is 0 Å². The van der Waals surface area contributed by atoms with Gasteiger partial charge in [-0.15, -0.1) is 0 Å². The van der Waals surface area contributed by atoms with Crippen LogP contribution in [0.4, 0.5) is 4.79 Å². The third-order valence-electron chi connectivity index (χ3n) is 3.55. The molecule has 2 aliphatic heterocycles. The molecule has 2 aliphatic rings. The Labute approximate surface area is 117 Å². The van der Waals surface area contributed by atoms with Crippen molar-refractivity contribution in [3.63, 3.8) is 0 Å². The van der Waals surface area contributed by atoms with Crippen molar-refractivity contribution >= 4 is 23.7 Å². The standard InChI is InChI=1S/C12H22N4O2S/c13-5-6-14-10(17)4-2-1-3-9-11-8(7-19-9)15-12(18)16-11/h8-9,11H,1-7,13H2,(H,14,17)(H2,15,16,18)/t8-,9-,11-/m1/s1. The van der Waals surface area contributed by atoms with Gasteiger partial charge >= 0.3 is 6.03 Å². The summed E-state index contributed by atoms with van der Waals surface area (Å²) in [5.74, 6) is 1.07. The van der Waals surface area contributed by atoms with E-state index in [0.717, 1.165) is 25.0 Å². The van der Waals surface area contributed by atoms with Gasteiger partial charge in [0.15, 0.2) is 0 Å². The molecular formula is C12H22N4O2S. The monoisotopic (exact) mass is 286 g/mol. The zero-order valence-electron chi connectivity index (χ0n) is 11.0. The summed E-state index contributed by atoms with van der Waals surface area (Å²) in [6.45, 7) is 1.04. The minimum absolute atomic E-state index is 0.0403. The maximum Gasteiger partial charge on any atom is 0.315 e. The number of urea groups is 1. The molecule has 0 bridgehead atoms. The van der Waals surface area contributed by atoms with E-state index >= 15 is 0 Å². The van der Waals surface area contributed by atoms with Crippen molar-refractivity contribution in [2.45, 2.75) is 43.0 Å². The van der Waals surface area contributed by atoms with Crippen LogP contribution >= 0.6 is 11.8 Å². The number of thioether (sulfide) groups is 1. The zero-order valence-corrected chi connectivity index (χ0v) is 11.8. The van der Waals surface area contributed by atoms with Gasteiger partial charge in [-0.3, -0.25) is 4.79 Å². The number of rotatable bonds is 7. The van der Waals surface area contributed by atoms with Crippen molar-refractivity contribution in [1.82, 2.24) is 16.0 Å². The molecule has 0 aliphatic carbocycles. The van der Waals surface area contributed by atoms with Crippen molar-refractivity contribution < 1.29 is 9.59 Å². The van der Waals surface area contributed by atoms with E-state index in [4.69, 9.17) is 5.73 Å². The number of fused-ring (bicyclic) bond motifs is 1. The fourth-order valence-electron chi connectivity index (χ4n) is 2.57. The van der Waals surface area contributed by atoms with Gasteiger partial charge in [0.1, 0.15) is 0 Å². The van der Waals surface area contributed by atoms with E-state index in [1.807, 2.05) is 11.8 Å². The first-order valence-corrected chi connectivity index (χ1v) is 7.91. The van der Waals surface area contributed by atoms with Crippen LogP contribution in [0.3, 0.4) is 0 Å². The van der Waals surface area contributed by atoms with Crippen LogP contribution in [0.25, 0.3) is 0 Å². The molecule has 6 nitrogen and oxygen atoms in total. The van der Waals surface area contributed by atoms with E-state index in [0.29, 0.717) is 24.8 Å². The number of hydrogen-bond donors (Lipinski definition) is 4. The van der Waals surface area contributed by atoms with Gasteiger partial charge in [-0.25, -0.2) is 4.79 Å². The van der Waals surface area contributed by atoms with E-state index in [2.05, 4.69) is 16.0 Å². The van der Waals surface area contributed by atoms with E-state index in [9.17, 15) is 9.59 Å².